The summed E-state index contributed by atoms with van der Waals surface area (Å²) >= 11 is 0. The van der Waals surface area contributed by atoms with E-state index in [9.17, 15) is 14.4 Å². The van der Waals surface area contributed by atoms with Crippen molar-refractivity contribution in [1.29, 1.82) is 0 Å². The zero-order valence-electron chi connectivity index (χ0n) is 18.2. The number of carbonyl (C=O) groups is 3. The van der Waals surface area contributed by atoms with Gasteiger partial charge in [-0.25, -0.2) is 9.59 Å². The summed E-state index contributed by atoms with van der Waals surface area (Å²) in [6.07, 6.45) is 5.20. The summed E-state index contributed by atoms with van der Waals surface area (Å²) in [4.78, 5) is 39.8. The maximum Gasteiger partial charge on any atom is 0.407 e. The Bertz CT molecular complexity index is 744. The maximum absolute atomic E-state index is 13.5. The van der Waals surface area contributed by atoms with Gasteiger partial charge in [0.1, 0.15) is 29.6 Å². The van der Waals surface area contributed by atoms with E-state index in [1.165, 1.54) is 12.0 Å². The smallest absolute Gasteiger partial charge is 0.407 e. The Kier molecular flexibility index (Phi) is 6.72. The van der Waals surface area contributed by atoms with E-state index in [1.807, 2.05) is 27.0 Å². The molecule has 2 amide bonds. The molecule has 0 spiro atoms. The van der Waals surface area contributed by atoms with Crippen molar-refractivity contribution in [1.82, 2.24) is 10.2 Å². The Hall–Kier alpha value is -2.52. The van der Waals surface area contributed by atoms with Crippen LogP contribution in [0.2, 0.25) is 0 Å². The number of hydrogen-bond donors (Lipinski definition) is 1. The Morgan fingerprint density at radius 1 is 1.30 bits per heavy atom. The van der Waals surface area contributed by atoms with Crippen LogP contribution in [0.25, 0.3) is 0 Å². The van der Waals surface area contributed by atoms with Crippen molar-refractivity contribution in [2.24, 2.45) is 15.8 Å². The molecule has 10 heteroatoms. The second-order valence-corrected chi connectivity index (χ2v) is 9.15. The quantitative estimate of drug-likeness (QED) is 0.510. The van der Waals surface area contributed by atoms with Crippen molar-refractivity contribution in [2.75, 3.05) is 20.3 Å². The lowest BCUT2D eigenvalue weighted by Gasteiger charge is -2.34. The number of ether oxygens (including phenoxy) is 2. The van der Waals surface area contributed by atoms with Gasteiger partial charge < -0.3 is 19.7 Å². The third kappa shape index (κ3) is 4.96. The molecule has 0 aromatic heterocycles. The normalized spacial score (nSPS) is 30.5. The highest BCUT2D eigenvalue weighted by molar-refractivity contribution is 5.91. The van der Waals surface area contributed by atoms with Crippen molar-refractivity contribution < 1.29 is 28.5 Å². The summed E-state index contributed by atoms with van der Waals surface area (Å²) in [6.45, 7) is 6.17. The Morgan fingerprint density at radius 3 is 2.77 bits per heavy atom. The van der Waals surface area contributed by atoms with Gasteiger partial charge >= 0.3 is 12.1 Å². The molecule has 0 aromatic rings. The number of rotatable bonds is 1. The van der Waals surface area contributed by atoms with E-state index in [0.717, 1.165) is 25.7 Å². The summed E-state index contributed by atoms with van der Waals surface area (Å²) in [6, 6.07) is -1.77. The van der Waals surface area contributed by atoms with Crippen LogP contribution in [0.4, 0.5) is 4.79 Å². The number of alkyl carbamates (subject to hydrolysis) is 1. The largest absolute Gasteiger partial charge is 0.467 e. The third-order valence-electron chi connectivity index (χ3n) is 5.79. The SMILES string of the molecule is COC(=O)[C@@H]1C[C@@H]2CN1C(=O)[C@H](C(C)(C)C)NC(=O)OCCCCCC1C=[N+]2N=N1. The highest BCUT2D eigenvalue weighted by Gasteiger charge is 2.48. The number of fused-ring (bicyclic) bond motifs is 4. The molecule has 30 heavy (non-hydrogen) atoms. The monoisotopic (exact) mass is 422 g/mol. The van der Waals surface area contributed by atoms with Crippen LogP contribution in [0.15, 0.2) is 10.3 Å². The Balaban J connectivity index is 1.91. The topological polar surface area (TPSA) is 113 Å². The van der Waals surface area contributed by atoms with Gasteiger partial charge in [-0.2, -0.15) is 0 Å². The minimum atomic E-state index is -0.847. The van der Waals surface area contributed by atoms with Gasteiger partial charge in [0.25, 0.3) is 0 Å². The first-order chi connectivity index (χ1) is 14.2. The van der Waals surface area contributed by atoms with Crippen LogP contribution in [0, 0.1) is 5.41 Å². The van der Waals surface area contributed by atoms with Gasteiger partial charge in [-0.15, -0.1) is 4.68 Å². The van der Waals surface area contributed by atoms with Crippen LogP contribution in [0.3, 0.4) is 0 Å². The maximum atomic E-state index is 13.5. The molecule has 1 saturated heterocycles. The summed E-state index contributed by atoms with van der Waals surface area (Å²) < 4.78 is 12.0. The zero-order chi connectivity index (χ0) is 21.9. The number of methoxy groups -OCH3 is 1. The van der Waals surface area contributed by atoms with E-state index in [-0.39, 0.29) is 24.6 Å². The molecule has 1 unspecified atom stereocenters. The molecule has 3 rings (SSSR count). The van der Waals surface area contributed by atoms with E-state index in [4.69, 9.17) is 9.47 Å². The highest BCUT2D eigenvalue weighted by atomic mass is 16.5. The molecular weight excluding hydrogens is 390 g/mol. The standard InChI is InChI=1S/C20H31N5O5/c1-20(2,3)16-17(26)24-12-14(10-15(24)18(27)29-4)25-11-13(22-23-25)8-6-5-7-9-30-19(28)21-16/h11,13-16H,5-10,12H2,1-4H3/p+1/t13?,14-,15+,16-/m1/s1. The van der Waals surface area contributed by atoms with Gasteiger partial charge in [0, 0.05) is 18.0 Å². The Labute approximate surface area is 176 Å². The molecule has 1 fully saturated rings. The minimum absolute atomic E-state index is 0.00854. The van der Waals surface area contributed by atoms with Crippen molar-refractivity contribution in [2.45, 2.75) is 77.0 Å². The molecule has 0 aromatic carbocycles. The lowest BCUT2D eigenvalue weighted by atomic mass is 9.85. The van der Waals surface area contributed by atoms with Gasteiger partial charge in [0.15, 0.2) is 0 Å². The number of nitrogens with one attached hydrogen (secondary N) is 1. The molecule has 3 aliphatic heterocycles. The molecule has 0 aliphatic carbocycles. The third-order valence-corrected chi connectivity index (χ3v) is 5.79. The molecular formula is C20H32N5O5+. The van der Waals surface area contributed by atoms with Crippen molar-refractivity contribution in [3.05, 3.63) is 0 Å². The number of nitrogens with zero attached hydrogens (tertiary/aromatic N) is 4. The average molecular weight is 423 g/mol. The van der Waals surface area contributed by atoms with E-state index >= 15 is 0 Å². The molecule has 4 atom stereocenters. The lowest BCUT2D eigenvalue weighted by Crippen LogP contribution is -2.57. The molecule has 1 N–H and O–H groups in total. The van der Waals surface area contributed by atoms with Crippen molar-refractivity contribution >= 4 is 24.2 Å². The van der Waals surface area contributed by atoms with Gasteiger partial charge in [0.05, 0.1) is 20.3 Å². The van der Waals surface area contributed by atoms with E-state index in [2.05, 4.69) is 15.7 Å². The molecule has 0 radical (unpaired) electrons. The van der Waals surface area contributed by atoms with Crippen LogP contribution >= 0.6 is 0 Å². The number of esters is 1. The molecule has 4 bridgehead atoms. The van der Waals surface area contributed by atoms with Crippen LogP contribution in [-0.4, -0.2) is 78.2 Å². The number of cyclic esters (lactones) is 1. The first kappa shape index (κ1) is 22.2. The summed E-state index contributed by atoms with van der Waals surface area (Å²) in [7, 11) is 1.31. The van der Waals surface area contributed by atoms with Crippen molar-refractivity contribution in [3.63, 3.8) is 0 Å². The van der Waals surface area contributed by atoms with Gasteiger partial charge in [-0.05, 0) is 24.7 Å². The molecule has 166 valence electrons. The average Bonchev–Trinajstić information content (AvgIpc) is 3.33. The van der Waals surface area contributed by atoms with E-state index in [0.29, 0.717) is 13.0 Å². The highest BCUT2D eigenvalue weighted by Crippen LogP contribution is 2.28. The molecule has 0 saturated carbocycles. The summed E-state index contributed by atoms with van der Waals surface area (Å²) in [5, 5.41) is 11.3. The lowest BCUT2D eigenvalue weighted by molar-refractivity contribution is -0.566. The fraction of sp³-hybridized carbons (Fsp3) is 0.800. The number of amides is 2. The van der Waals surface area contributed by atoms with Crippen LogP contribution in [-0.2, 0) is 19.1 Å². The van der Waals surface area contributed by atoms with Gasteiger partial charge in [-0.3, -0.25) is 4.79 Å². The predicted octanol–water partition coefficient (Wildman–Crippen LogP) is 1.68. The second-order valence-electron chi connectivity index (χ2n) is 9.15. The van der Waals surface area contributed by atoms with E-state index in [1.54, 1.807) is 4.68 Å². The van der Waals surface area contributed by atoms with Crippen molar-refractivity contribution in [3.8, 4) is 0 Å². The zero-order valence-corrected chi connectivity index (χ0v) is 18.2. The molecule has 3 heterocycles. The Morgan fingerprint density at radius 2 is 2.07 bits per heavy atom. The van der Waals surface area contributed by atoms with Crippen LogP contribution in [0.5, 0.6) is 0 Å². The minimum Gasteiger partial charge on any atom is -0.467 e. The summed E-state index contributed by atoms with van der Waals surface area (Å²) in [5.74, 6) is -0.816. The van der Waals surface area contributed by atoms with Gasteiger partial charge in [0.2, 0.25) is 11.9 Å². The fourth-order valence-electron chi connectivity index (χ4n) is 4.07. The fourth-order valence-corrected chi connectivity index (χ4v) is 4.07. The second kappa shape index (κ2) is 9.09. The number of carbonyl (C=O) groups excluding carboxylic acids is 3. The first-order valence-electron chi connectivity index (χ1n) is 10.6. The van der Waals surface area contributed by atoms with Gasteiger partial charge in [-0.1, -0.05) is 20.8 Å². The summed E-state index contributed by atoms with van der Waals surface area (Å²) in [5.41, 5.74) is -0.579. The molecule has 3 aliphatic rings. The van der Waals surface area contributed by atoms with Crippen LogP contribution < -0.4 is 5.32 Å². The molecule has 10 nitrogen and oxygen atoms in total. The van der Waals surface area contributed by atoms with Crippen LogP contribution in [0.1, 0.15) is 52.9 Å². The van der Waals surface area contributed by atoms with E-state index < -0.39 is 29.6 Å². The first-order valence-corrected chi connectivity index (χ1v) is 10.6. The number of hydrogen-bond acceptors (Lipinski definition) is 7. The predicted molar refractivity (Wildman–Crippen MR) is 107 cm³/mol.